The molecule has 1 heterocycles. The van der Waals surface area contributed by atoms with E-state index in [0.29, 0.717) is 17.5 Å². The number of rotatable bonds is 6. The van der Waals surface area contributed by atoms with Crippen molar-refractivity contribution in [2.24, 2.45) is 0 Å². The van der Waals surface area contributed by atoms with Crippen molar-refractivity contribution >= 4 is 125 Å². The Bertz CT molecular complexity index is 3390. The number of hydrogen-bond acceptors (Lipinski definition) is 3. The molecule has 9 aromatic carbocycles. The maximum absolute atomic E-state index is 5.18. The van der Waals surface area contributed by atoms with Crippen LogP contribution in [0.5, 0.6) is 0 Å². The summed E-state index contributed by atoms with van der Waals surface area (Å²) in [5, 5.41) is 7.54. The van der Waals surface area contributed by atoms with Crippen molar-refractivity contribution in [2.75, 3.05) is 0 Å². The third-order valence-corrected chi connectivity index (χ3v) is 13.3. The van der Waals surface area contributed by atoms with Crippen LogP contribution in [0.4, 0.5) is 0 Å². The summed E-state index contributed by atoms with van der Waals surface area (Å²) in [6.07, 6.45) is 0. The molecule has 0 unspecified atom stereocenters. The minimum absolute atomic E-state index is 0.639. The zero-order valence-corrected chi connectivity index (χ0v) is 35.9. The Morgan fingerprint density at radius 1 is 0.279 bits per heavy atom. The molecule has 280 valence electrons. The average molecular weight is 771 g/mol. The molecule has 0 amide bonds. The number of hydrogen-bond donors (Lipinski definition) is 0. The lowest BCUT2D eigenvalue weighted by molar-refractivity contribution is 1.07. The predicted octanol–water partition coefficient (Wildman–Crippen LogP) is 1.14. The topological polar surface area (TPSA) is 38.7 Å². The summed E-state index contributed by atoms with van der Waals surface area (Å²) in [5.74, 6) is 1.93. The van der Waals surface area contributed by atoms with Crippen molar-refractivity contribution in [3.8, 4) is 67.5 Å². The van der Waals surface area contributed by atoms with Gasteiger partial charge in [-0.2, -0.15) is 0 Å². The number of aromatic nitrogens is 3. The van der Waals surface area contributed by atoms with E-state index < -0.39 is 0 Å². The van der Waals surface area contributed by atoms with Crippen LogP contribution in [0.1, 0.15) is 0 Å². The van der Waals surface area contributed by atoms with Gasteiger partial charge in [0.1, 0.15) is 54.9 Å². The van der Waals surface area contributed by atoms with Crippen molar-refractivity contribution < 1.29 is 0 Å². The van der Waals surface area contributed by atoms with Gasteiger partial charge in [0, 0.05) is 16.7 Å². The van der Waals surface area contributed by atoms with Crippen LogP contribution < -0.4 is 38.2 Å². The van der Waals surface area contributed by atoms with E-state index >= 15 is 0 Å². The Morgan fingerprint density at radius 2 is 0.721 bits per heavy atom. The average Bonchev–Trinajstić information content (AvgIpc) is 3.31. The van der Waals surface area contributed by atoms with E-state index in [1.54, 1.807) is 0 Å². The van der Waals surface area contributed by atoms with Gasteiger partial charge in [-0.15, -0.1) is 16.4 Å². The van der Waals surface area contributed by atoms with Gasteiger partial charge < -0.3 is 0 Å². The highest BCUT2D eigenvalue weighted by Gasteiger charge is 2.21. The highest BCUT2D eigenvalue weighted by atomic mass is 15.0. The summed E-state index contributed by atoms with van der Waals surface area (Å²) < 4.78 is 0. The van der Waals surface area contributed by atoms with E-state index in [9.17, 15) is 0 Å². The molecule has 0 N–H and O–H groups in total. The molecule has 0 atom stereocenters. The highest BCUT2D eigenvalue weighted by molar-refractivity contribution is 6.72. The summed E-state index contributed by atoms with van der Waals surface area (Å²) in [7, 11) is 16.0. The van der Waals surface area contributed by atoms with Crippen molar-refractivity contribution in [1.82, 2.24) is 15.0 Å². The zero-order valence-electron chi connectivity index (χ0n) is 35.9. The fraction of sp³-hybridized carbons (Fsp3) is 0. The lowest BCUT2D eigenvalue weighted by atomic mass is 9.58. The lowest BCUT2D eigenvalue weighted by Crippen LogP contribution is -2.52. The standard InChI is InChI=1S/C51H40B7N3/c52-42-39(40-41(44(54)46(42)56)45(55)48(58)47(57)43(40)53)38-23-22-35(36-16-7-8-17-37(36)38)32-14-9-15-33(26-32)50-59-49(28-12-5-2-6-13-28)60-51(61-50)34-21-20-30-24-29(18-19-31(30)25-34)27-10-3-1-4-11-27/h1-26H,52-58H2. The normalized spacial score (nSPS) is 11.4. The van der Waals surface area contributed by atoms with Crippen LogP contribution in [0.2, 0.25) is 0 Å². The molecule has 10 aromatic rings. The Labute approximate surface area is 364 Å². The van der Waals surface area contributed by atoms with Crippen molar-refractivity contribution in [3.05, 3.63) is 158 Å². The molecule has 0 aliphatic rings. The van der Waals surface area contributed by atoms with Gasteiger partial charge in [-0.3, -0.25) is 0 Å². The first-order chi connectivity index (χ1) is 29.7. The number of benzene rings is 9. The maximum atomic E-state index is 5.18. The van der Waals surface area contributed by atoms with Gasteiger partial charge >= 0.3 is 0 Å². The molecule has 0 bridgehead atoms. The molecule has 61 heavy (non-hydrogen) atoms. The van der Waals surface area contributed by atoms with Crippen LogP contribution in [0.15, 0.2) is 158 Å². The zero-order chi connectivity index (χ0) is 41.9. The third-order valence-electron chi connectivity index (χ3n) is 13.3. The predicted molar refractivity (Wildman–Crippen MR) is 282 cm³/mol. The summed E-state index contributed by atoms with van der Waals surface area (Å²) >= 11 is 0. The Kier molecular flexibility index (Phi) is 9.67. The number of nitrogens with zero attached hydrogens (tertiary/aromatic N) is 3. The molecule has 0 spiro atoms. The van der Waals surface area contributed by atoms with Crippen molar-refractivity contribution in [1.29, 1.82) is 0 Å². The second-order valence-corrected chi connectivity index (χ2v) is 16.6. The first-order valence-electron chi connectivity index (χ1n) is 21.2. The fourth-order valence-corrected chi connectivity index (χ4v) is 9.41. The van der Waals surface area contributed by atoms with Gasteiger partial charge in [-0.05, 0) is 83.9 Å². The molecular formula is C51H40B7N3. The minimum Gasteiger partial charge on any atom is -0.208 e. The van der Waals surface area contributed by atoms with Gasteiger partial charge in [0.05, 0.1) is 0 Å². The van der Waals surface area contributed by atoms with Gasteiger partial charge in [-0.25, -0.2) is 15.0 Å². The van der Waals surface area contributed by atoms with Crippen LogP contribution in [0.3, 0.4) is 0 Å². The van der Waals surface area contributed by atoms with E-state index in [-0.39, 0.29) is 0 Å². The van der Waals surface area contributed by atoms with Crippen LogP contribution in [-0.2, 0) is 0 Å². The van der Waals surface area contributed by atoms with Crippen LogP contribution in [-0.4, -0.2) is 69.9 Å². The van der Waals surface area contributed by atoms with Crippen molar-refractivity contribution in [2.45, 2.75) is 0 Å². The van der Waals surface area contributed by atoms with Crippen LogP contribution >= 0.6 is 0 Å². The van der Waals surface area contributed by atoms with E-state index in [1.807, 2.05) is 18.2 Å². The van der Waals surface area contributed by atoms with E-state index in [1.165, 1.54) is 93.0 Å². The first-order valence-corrected chi connectivity index (χ1v) is 21.2. The molecule has 0 aliphatic heterocycles. The van der Waals surface area contributed by atoms with Gasteiger partial charge in [0.15, 0.2) is 17.5 Å². The van der Waals surface area contributed by atoms with Crippen molar-refractivity contribution in [3.63, 3.8) is 0 Å². The Hall–Kier alpha value is -6.78. The summed E-state index contributed by atoms with van der Waals surface area (Å²) in [6.45, 7) is 0. The quantitative estimate of drug-likeness (QED) is 0.239. The summed E-state index contributed by atoms with van der Waals surface area (Å²) in [4.78, 5) is 15.4. The lowest BCUT2D eigenvalue weighted by Gasteiger charge is -2.25. The molecule has 3 nitrogen and oxygen atoms in total. The fourth-order valence-electron chi connectivity index (χ4n) is 9.41. The van der Waals surface area contributed by atoms with Gasteiger partial charge in [0.25, 0.3) is 0 Å². The molecule has 0 radical (unpaired) electrons. The number of fused-ring (bicyclic) bond motifs is 3. The summed E-state index contributed by atoms with van der Waals surface area (Å²) in [5.41, 5.74) is 19.7. The third kappa shape index (κ3) is 6.62. The minimum atomic E-state index is 0.639. The van der Waals surface area contributed by atoms with Crippen LogP contribution in [0.25, 0.3) is 99.9 Å². The molecule has 10 heteroatoms. The largest absolute Gasteiger partial charge is 0.208 e. The monoisotopic (exact) mass is 771 g/mol. The molecule has 0 aliphatic carbocycles. The molecule has 10 rings (SSSR count). The highest BCUT2D eigenvalue weighted by Crippen LogP contribution is 2.38. The second kappa shape index (κ2) is 15.4. The summed E-state index contributed by atoms with van der Waals surface area (Å²) in [6, 6.07) is 56.0. The Morgan fingerprint density at radius 3 is 1.36 bits per heavy atom. The van der Waals surface area contributed by atoms with Crippen LogP contribution in [0, 0.1) is 0 Å². The van der Waals surface area contributed by atoms with E-state index in [0.717, 1.165) is 27.6 Å². The molecule has 1 aromatic heterocycles. The van der Waals surface area contributed by atoms with E-state index in [4.69, 9.17) is 15.0 Å². The first kappa shape index (κ1) is 38.4. The second-order valence-electron chi connectivity index (χ2n) is 16.6. The Balaban J connectivity index is 1.11. The SMILES string of the molecule is Bc1c(B)c(B)c2c(-c3ccc(-c4cccc(-c5nc(-c6ccccc6)nc(-c6ccc7cc(-c8ccccc8)ccc7c6)n5)c4)c4ccccc34)c(B)c(B)c(B)c2c1B. The van der Waals surface area contributed by atoms with E-state index in [2.05, 4.69) is 194 Å². The van der Waals surface area contributed by atoms with Gasteiger partial charge in [-0.1, -0.05) is 161 Å². The van der Waals surface area contributed by atoms with Gasteiger partial charge in [0.2, 0.25) is 0 Å². The molecule has 0 saturated carbocycles. The molecular weight excluding hydrogens is 730 g/mol. The maximum Gasteiger partial charge on any atom is 0.164 e. The smallest absolute Gasteiger partial charge is 0.164 e. The molecule has 0 fully saturated rings. The molecule has 0 saturated heterocycles.